The van der Waals surface area contributed by atoms with Crippen LogP contribution in [-0.2, 0) is 9.47 Å². The summed E-state index contributed by atoms with van der Waals surface area (Å²) in [5.74, 6) is 1.42. The summed E-state index contributed by atoms with van der Waals surface area (Å²) in [6.45, 7) is 8.91. The second-order valence-electron chi connectivity index (χ2n) is 4.85. The highest BCUT2D eigenvalue weighted by Gasteiger charge is 2.39. The largest absolute Gasteiger partial charge is 0.353 e. The maximum Gasteiger partial charge on any atom is 0.155 e. The average molecular weight is 210 g/mol. The normalized spacial score (nSPS) is 36.9. The zero-order valence-corrected chi connectivity index (χ0v) is 9.87. The minimum Gasteiger partial charge on any atom is -0.353 e. The zero-order chi connectivity index (χ0) is 10.8. The Balaban J connectivity index is 1.90. The average Bonchev–Trinajstić information content (AvgIpc) is 2.18. The lowest BCUT2D eigenvalue weighted by atomic mass is 9.67. The van der Waals surface area contributed by atoms with E-state index in [4.69, 9.17) is 9.47 Å². The van der Waals surface area contributed by atoms with E-state index in [0.29, 0.717) is 12.0 Å². The van der Waals surface area contributed by atoms with Gasteiger partial charge in [0.2, 0.25) is 0 Å². The van der Waals surface area contributed by atoms with Crippen LogP contribution >= 0.6 is 0 Å². The smallest absolute Gasteiger partial charge is 0.155 e. The molecule has 4 atom stereocenters. The van der Waals surface area contributed by atoms with Gasteiger partial charge in [0.1, 0.15) is 0 Å². The molecule has 2 nitrogen and oxygen atoms in total. The Kier molecular flexibility index (Phi) is 3.47. The van der Waals surface area contributed by atoms with E-state index in [0.717, 1.165) is 12.5 Å². The first-order valence-corrected chi connectivity index (χ1v) is 6.15. The molecular weight excluding hydrogens is 188 g/mol. The highest BCUT2D eigenvalue weighted by atomic mass is 16.7. The van der Waals surface area contributed by atoms with E-state index in [2.05, 4.69) is 6.58 Å². The molecule has 0 heterocycles. The van der Waals surface area contributed by atoms with E-state index < -0.39 is 0 Å². The van der Waals surface area contributed by atoms with Crippen molar-refractivity contribution >= 4 is 0 Å². The first-order chi connectivity index (χ1) is 7.20. The summed E-state index contributed by atoms with van der Waals surface area (Å²) in [5, 5.41) is 0. The topological polar surface area (TPSA) is 18.5 Å². The second kappa shape index (κ2) is 4.67. The van der Waals surface area contributed by atoms with Crippen molar-refractivity contribution in [2.75, 3.05) is 6.61 Å². The predicted molar refractivity (Wildman–Crippen MR) is 60.5 cm³/mol. The number of hydrogen-bond donors (Lipinski definition) is 0. The van der Waals surface area contributed by atoms with Gasteiger partial charge in [-0.2, -0.15) is 0 Å². The molecule has 0 amide bonds. The van der Waals surface area contributed by atoms with Gasteiger partial charge in [-0.15, -0.1) is 0 Å². The summed E-state index contributed by atoms with van der Waals surface area (Å²) in [6, 6.07) is 0. The number of fused-ring (bicyclic) bond motifs is 3. The van der Waals surface area contributed by atoms with Crippen molar-refractivity contribution in [3.05, 3.63) is 12.2 Å². The fraction of sp³-hybridized carbons (Fsp3) is 0.846. The highest BCUT2D eigenvalue weighted by molar-refractivity contribution is 5.12. The van der Waals surface area contributed by atoms with Crippen molar-refractivity contribution in [2.24, 2.45) is 11.8 Å². The molecule has 0 spiro atoms. The monoisotopic (exact) mass is 210 g/mol. The summed E-state index contributed by atoms with van der Waals surface area (Å²) in [4.78, 5) is 0. The van der Waals surface area contributed by atoms with Crippen LogP contribution in [0.4, 0.5) is 0 Å². The third-order valence-corrected chi connectivity index (χ3v) is 3.74. The van der Waals surface area contributed by atoms with E-state index in [1.54, 1.807) is 0 Å². The summed E-state index contributed by atoms with van der Waals surface area (Å²) in [5.41, 5.74) is 1.41. The van der Waals surface area contributed by atoms with Gasteiger partial charge in [0.15, 0.2) is 6.29 Å². The molecule has 3 fully saturated rings. The molecule has 0 radical (unpaired) electrons. The van der Waals surface area contributed by atoms with Crippen LogP contribution in [0.25, 0.3) is 0 Å². The van der Waals surface area contributed by atoms with Gasteiger partial charge in [0.05, 0.1) is 6.10 Å². The molecule has 4 unspecified atom stereocenters. The summed E-state index contributed by atoms with van der Waals surface area (Å²) < 4.78 is 11.4. The Morgan fingerprint density at radius 1 is 1.47 bits per heavy atom. The molecule has 2 bridgehead atoms. The van der Waals surface area contributed by atoms with Crippen LogP contribution in [0.2, 0.25) is 0 Å². The van der Waals surface area contributed by atoms with Gasteiger partial charge in [-0.25, -0.2) is 0 Å². The van der Waals surface area contributed by atoms with E-state index in [-0.39, 0.29) is 6.29 Å². The lowest BCUT2D eigenvalue weighted by molar-refractivity contribution is -0.181. The molecule has 0 saturated heterocycles. The van der Waals surface area contributed by atoms with E-state index in [1.807, 2.05) is 13.8 Å². The van der Waals surface area contributed by atoms with Crippen LogP contribution in [0.1, 0.15) is 39.5 Å². The Morgan fingerprint density at radius 3 is 2.87 bits per heavy atom. The molecule has 2 heteroatoms. The molecule has 86 valence electrons. The molecule has 15 heavy (non-hydrogen) atoms. The molecule has 0 aromatic rings. The SMILES string of the molecule is C=C1CC2CCC1C(OC(C)OCC)C2. The quantitative estimate of drug-likeness (QED) is 0.524. The zero-order valence-electron chi connectivity index (χ0n) is 9.87. The Hall–Kier alpha value is -0.340. The van der Waals surface area contributed by atoms with Crippen molar-refractivity contribution < 1.29 is 9.47 Å². The molecule has 0 aromatic heterocycles. The van der Waals surface area contributed by atoms with Gasteiger partial charge in [-0.05, 0) is 45.4 Å². The Labute approximate surface area is 92.6 Å². The number of rotatable bonds is 4. The van der Waals surface area contributed by atoms with Crippen molar-refractivity contribution in [3.8, 4) is 0 Å². The lowest BCUT2D eigenvalue weighted by Crippen LogP contribution is -2.40. The molecule has 3 aliphatic carbocycles. The minimum absolute atomic E-state index is 0.0628. The van der Waals surface area contributed by atoms with Crippen molar-refractivity contribution in [2.45, 2.75) is 51.9 Å². The Bertz CT molecular complexity index is 237. The molecule has 3 rings (SSSR count). The molecule has 0 N–H and O–H groups in total. The van der Waals surface area contributed by atoms with E-state index in [1.165, 1.54) is 31.3 Å². The van der Waals surface area contributed by atoms with Gasteiger partial charge in [-0.1, -0.05) is 12.2 Å². The lowest BCUT2D eigenvalue weighted by Gasteiger charge is -2.44. The maximum absolute atomic E-state index is 5.95. The molecule has 3 saturated carbocycles. The van der Waals surface area contributed by atoms with Crippen LogP contribution in [0.3, 0.4) is 0 Å². The van der Waals surface area contributed by atoms with E-state index >= 15 is 0 Å². The maximum atomic E-state index is 5.95. The standard InChI is InChI=1S/C13H22O2/c1-4-14-10(3)15-13-8-11-5-6-12(13)9(2)7-11/h10-13H,2,4-8H2,1,3H3. The summed E-state index contributed by atoms with van der Waals surface area (Å²) in [7, 11) is 0. The van der Waals surface area contributed by atoms with Gasteiger partial charge in [-0.3, -0.25) is 0 Å². The van der Waals surface area contributed by atoms with Gasteiger partial charge in [0, 0.05) is 12.5 Å². The highest BCUT2D eigenvalue weighted by Crippen LogP contribution is 2.45. The van der Waals surface area contributed by atoms with Crippen molar-refractivity contribution in [3.63, 3.8) is 0 Å². The van der Waals surface area contributed by atoms with Gasteiger partial charge in [0.25, 0.3) is 0 Å². The first-order valence-electron chi connectivity index (χ1n) is 6.15. The predicted octanol–water partition coefficient (Wildman–Crippen LogP) is 3.13. The van der Waals surface area contributed by atoms with Crippen molar-refractivity contribution in [1.29, 1.82) is 0 Å². The molecular formula is C13H22O2. The van der Waals surface area contributed by atoms with Crippen LogP contribution in [0.15, 0.2) is 12.2 Å². The van der Waals surface area contributed by atoms with Gasteiger partial charge < -0.3 is 9.47 Å². The second-order valence-corrected chi connectivity index (χ2v) is 4.85. The summed E-state index contributed by atoms with van der Waals surface area (Å²) >= 11 is 0. The van der Waals surface area contributed by atoms with Crippen LogP contribution in [0.5, 0.6) is 0 Å². The van der Waals surface area contributed by atoms with Crippen LogP contribution in [0, 0.1) is 11.8 Å². The minimum atomic E-state index is -0.0628. The Morgan fingerprint density at radius 2 is 2.27 bits per heavy atom. The number of hydrogen-bond acceptors (Lipinski definition) is 2. The fourth-order valence-corrected chi connectivity index (χ4v) is 3.06. The third kappa shape index (κ3) is 2.43. The summed E-state index contributed by atoms with van der Waals surface area (Å²) in [6.07, 6.45) is 5.38. The fourth-order valence-electron chi connectivity index (χ4n) is 3.06. The van der Waals surface area contributed by atoms with Gasteiger partial charge >= 0.3 is 0 Å². The molecule has 0 aliphatic heterocycles. The third-order valence-electron chi connectivity index (χ3n) is 3.74. The molecule has 0 aromatic carbocycles. The number of ether oxygens (including phenoxy) is 2. The van der Waals surface area contributed by atoms with Crippen LogP contribution in [-0.4, -0.2) is 19.0 Å². The van der Waals surface area contributed by atoms with Crippen LogP contribution < -0.4 is 0 Å². The van der Waals surface area contributed by atoms with E-state index in [9.17, 15) is 0 Å². The molecule has 3 aliphatic rings. The first kappa shape index (κ1) is 11.2. The van der Waals surface area contributed by atoms with Crippen molar-refractivity contribution in [1.82, 2.24) is 0 Å².